The summed E-state index contributed by atoms with van der Waals surface area (Å²) in [6.07, 6.45) is 4.02. The van der Waals surface area contributed by atoms with Crippen molar-refractivity contribution >= 4 is 11.7 Å². The highest BCUT2D eigenvalue weighted by Crippen LogP contribution is 2.26. The number of hydrogen-bond donors (Lipinski definition) is 2. The third-order valence-electron chi connectivity index (χ3n) is 3.03. The predicted molar refractivity (Wildman–Crippen MR) is 59.2 cm³/mol. The number of carboxylic acid groups (broad SMARTS) is 1. The van der Waals surface area contributed by atoms with Gasteiger partial charge < -0.3 is 10.4 Å². The summed E-state index contributed by atoms with van der Waals surface area (Å²) in [5.74, 6) is -3.88. The van der Waals surface area contributed by atoms with E-state index in [0.29, 0.717) is 0 Å². The second-order valence-corrected chi connectivity index (χ2v) is 4.22. The van der Waals surface area contributed by atoms with Crippen LogP contribution in [0.1, 0.15) is 36.0 Å². The van der Waals surface area contributed by atoms with Gasteiger partial charge in [0.15, 0.2) is 11.6 Å². The van der Waals surface area contributed by atoms with Crippen molar-refractivity contribution in [3.8, 4) is 0 Å². The molecule has 3 nitrogen and oxygen atoms in total. The second kappa shape index (κ2) is 4.69. The minimum Gasteiger partial charge on any atom is -0.478 e. The molecule has 0 heterocycles. The van der Waals surface area contributed by atoms with Crippen LogP contribution in [-0.2, 0) is 0 Å². The maximum Gasteiger partial charge on any atom is 0.338 e. The summed E-state index contributed by atoms with van der Waals surface area (Å²) in [5.41, 5.74) is -0.598. The Morgan fingerprint density at radius 2 is 1.88 bits per heavy atom. The number of halogens is 2. The molecule has 0 aromatic heterocycles. The van der Waals surface area contributed by atoms with Gasteiger partial charge in [-0.25, -0.2) is 13.6 Å². The highest BCUT2D eigenvalue weighted by molar-refractivity contribution is 5.88. The van der Waals surface area contributed by atoms with E-state index in [1.54, 1.807) is 0 Å². The second-order valence-electron chi connectivity index (χ2n) is 4.22. The molecule has 0 atom stereocenters. The fraction of sp³-hybridized carbons (Fsp3) is 0.417. The van der Waals surface area contributed by atoms with Crippen LogP contribution >= 0.6 is 0 Å². The number of carboxylic acids is 1. The Bertz CT molecular complexity index is 442. The van der Waals surface area contributed by atoms with Gasteiger partial charge in [0.05, 0.1) is 11.3 Å². The lowest BCUT2D eigenvalue weighted by atomic mass is 10.1. The summed E-state index contributed by atoms with van der Waals surface area (Å²) >= 11 is 0. The van der Waals surface area contributed by atoms with Gasteiger partial charge in [-0.1, -0.05) is 12.8 Å². The number of carbonyl (C=O) groups is 1. The summed E-state index contributed by atoms with van der Waals surface area (Å²) in [4.78, 5) is 10.6. The van der Waals surface area contributed by atoms with Crippen molar-refractivity contribution < 1.29 is 18.7 Å². The van der Waals surface area contributed by atoms with E-state index in [1.807, 2.05) is 0 Å². The third-order valence-corrected chi connectivity index (χ3v) is 3.03. The molecule has 2 rings (SSSR count). The number of hydrogen-bond acceptors (Lipinski definition) is 2. The van der Waals surface area contributed by atoms with Crippen LogP contribution in [0, 0.1) is 11.6 Å². The van der Waals surface area contributed by atoms with Gasteiger partial charge in [-0.15, -0.1) is 0 Å². The molecule has 1 aromatic carbocycles. The molecule has 5 heteroatoms. The fourth-order valence-corrected chi connectivity index (χ4v) is 2.12. The van der Waals surface area contributed by atoms with Crippen molar-refractivity contribution in [1.29, 1.82) is 0 Å². The Morgan fingerprint density at radius 3 is 2.47 bits per heavy atom. The van der Waals surface area contributed by atoms with Crippen LogP contribution in [-0.4, -0.2) is 17.1 Å². The van der Waals surface area contributed by atoms with Gasteiger partial charge in [0.25, 0.3) is 0 Å². The van der Waals surface area contributed by atoms with E-state index in [-0.39, 0.29) is 11.7 Å². The van der Waals surface area contributed by atoms with Gasteiger partial charge >= 0.3 is 5.97 Å². The lowest BCUT2D eigenvalue weighted by Gasteiger charge is -2.14. The van der Waals surface area contributed by atoms with E-state index in [9.17, 15) is 13.6 Å². The van der Waals surface area contributed by atoms with Crippen LogP contribution in [0.5, 0.6) is 0 Å². The van der Waals surface area contributed by atoms with Gasteiger partial charge in [0.1, 0.15) is 0 Å². The average molecular weight is 241 g/mol. The smallest absolute Gasteiger partial charge is 0.338 e. The first-order valence-corrected chi connectivity index (χ1v) is 5.57. The number of aromatic carboxylic acids is 1. The minimum atomic E-state index is -1.46. The van der Waals surface area contributed by atoms with Crippen LogP contribution < -0.4 is 5.32 Å². The number of nitrogens with one attached hydrogen (secondary N) is 1. The predicted octanol–water partition coefficient (Wildman–Crippen LogP) is 3.02. The van der Waals surface area contributed by atoms with E-state index < -0.39 is 23.2 Å². The molecule has 92 valence electrons. The van der Waals surface area contributed by atoms with Gasteiger partial charge in [-0.2, -0.15) is 0 Å². The molecule has 0 unspecified atom stereocenters. The van der Waals surface area contributed by atoms with E-state index in [1.165, 1.54) is 6.07 Å². The van der Waals surface area contributed by atoms with E-state index in [0.717, 1.165) is 31.7 Å². The molecule has 1 saturated carbocycles. The maximum absolute atomic E-state index is 13.6. The monoisotopic (exact) mass is 241 g/mol. The Balaban J connectivity index is 2.23. The molecule has 0 amide bonds. The zero-order valence-corrected chi connectivity index (χ0v) is 9.17. The van der Waals surface area contributed by atoms with Crippen molar-refractivity contribution in [3.05, 3.63) is 29.3 Å². The van der Waals surface area contributed by atoms with Gasteiger partial charge in [-0.05, 0) is 25.0 Å². The first-order chi connectivity index (χ1) is 8.09. The zero-order valence-electron chi connectivity index (χ0n) is 9.17. The van der Waals surface area contributed by atoms with Crippen LogP contribution in [0.25, 0.3) is 0 Å². The molecular formula is C12H13F2NO2. The molecule has 0 saturated heterocycles. The molecule has 1 aliphatic carbocycles. The Hall–Kier alpha value is -1.65. The summed E-state index contributed by atoms with van der Waals surface area (Å²) in [6, 6.07) is 2.51. The molecule has 1 aliphatic rings. The van der Waals surface area contributed by atoms with Crippen molar-refractivity contribution in [2.24, 2.45) is 0 Å². The molecule has 0 radical (unpaired) electrons. The Labute approximate surface area is 97.5 Å². The Kier molecular flexibility index (Phi) is 3.26. The molecule has 0 spiro atoms. The van der Waals surface area contributed by atoms with Crippen LogP contribution in [0.4, 0.5) is 14.5 Å². The van der Waals surface area contributed by atoms with Crippen molar-refractivity contribution in [3.63, 3.8) is 0 Å². The summed E-state index contributed by atoms with van der Waals surface area (Å²) in [7, 11) is 0. The summed E-state index contributed by atoms with van der Waals surface area (Å²) in [5, 5.41) is 11.5. The molecular weight excluding hydrogens is 228 g/mol. The van der Waals surface area contributed by atoms with E-state index >= 15 is 0 Å². The molecule has 0 aliphatic heterocycles. The van der Waals surface area contributed by atoms with Crippen LogP contribution in [0.3, 0.4) is 0 Å². The summed E-state index contributed by atoms with van der Waals surface area (Å²) < 4.78 is 27.0. The largest absolute Gasteiger partial charge is 0.478 e. The number of anilines is 1. The van der Waals surface area contributed by atoms with Crippen molar-refractivity contribution in [2.45, 2.75) is 31.7 Å². The number of rotatable bonds is 3. The van der Waals surface area contributed by atoms with E-state index in [2.05, 4.69) is 5.32 Å². The normalized spacial score (nSPS) is 16.1. The maximum atomic E-state index is 13.6. The van der Waals surface area contributed by atoms with Gasteiger partial charge in [0, 0.05) is 6.04 Å². The van der Waals surface area contributed by atoms with Gasteiger partial charge in [-0.3, -0.25) is 0 Å². The van der Waals surface area contributed by atoms with E-state index in [4.69, 9.17) is 5.11 Å². The quantitative estimate of drug-likeness (QED) is 0.855. The fourth-order valence-electron chi connectivity index (χ4n) is 2.12. The first-order valence-electron chi connectivity index (χ1n) is 5.57. The topological polar surface area (TPSA) is 49.3 Å². The van der Waals surface area contributed by atoms with Crippen molar-refractivity contribution in [1.82, 2.24) is 0 Å². The SMILES string of the molecule is O=C(O)c1ccc(NC2CCCC2)c(F)c1F. The standard InChI is InChI=1S/C12H13F2NO2/c13-10-8(12(16)17)5-6-9(11(10)14)15-7-3-1-2-4-7/h5-7,15H,1-4H2,(H,16,17). The van der Waals surface area contributed by atoms with Crippen molar-refractivity contribution in [2.75, 3.05) is 5.32 Å². The lowest BCUT2D eigenvalue weighted by Crippen LogP contribution is -2.16. The molecule has 0 bridgehead atoms. The highest BCUT2D eigenvalue weighted by Gasteiger charge is 2.21. The molecule has 1 fully saturated rings. The minimum absolute atomic E-state index is 0.0411. The molecule has 2 N–H and O–H groups in total. The lowest BCUT2D eigenvalue weighted by molar-refractivity contribution is 0.0690. The average Bonchev–Trinajstić information content (AvgIpc) is 2.77. The van der Waals surface area contributed by atoms with Crippen LogP contribution in [0.2, 0.25) is 0 Å². The zero-order chi connectivity index (χ0) is 12.4. The number of benzene rings is 1. The Morgan fingerprint density at radius 1 is 1.24 bits per heavy atom. The third kappa shape index (κ3) is 2.38. The molecule has 17 heavy (non-hydrogen) atoms. The van der Waals surface area contributed by atoms with Gasteiger partial charge in [0.2, 0.25) is 0 Å². The first kappa shape index (κ1) is 11.8. The summed E-state index contributed by atoms with van der Waals surface area (Å²) in [6.45, 7) is 0. The highest BCUT2D eigenvalue weighted by atomic mass is 19.2. The molecule has 1 aromatic rings. The van der Waals surface area contributed by atoms with Crippen LogP contribution in [0.15, 0.2) is 12.1 Å².